The fourth-order valence-electron chi connectivity index (χ4n) is 5.86. The van der Waals surface area contributed by atoms with E-state index in [1.54, 1.807) is 13.3 Å². The van der Waals surface area contributed by atoms with E-state index in [0.717, 1.165) is 43.2 Å². The van der Waals surface area contributed by atoms with Crippen LogP contribution in [0, 0.1) is 26.7 Å². The van der Waals surface area contributed by atoms with E-state index in [9.17, 15) is 4.39 Å². The van der Waals surface area contributed by atoms with E-state index < -0.39 is 11.5 Å². The van der Waals surface area contributed by atoms with Gasteiger partial charge in [-0.2, -0.15) is 4.39 Å². The molecule has 5 rings (SSSR count). The van der Waals surface area contributed by atoms with E-state index in [1.165, 1.54) is 39.7 Å². The second-order valence-corrected chi connectivity index (χ2v) is 10.2. The van der Waals surface area contributed by atoms with E-state index >= 15 is 0 Å². The molecule has 1 unspecified atom stereocenters. The molecule has 1 aromatic heterocycles. The molecule has 0 radical (unpaired) electrons. The highest BCUT2D eigenvalue weighted by Crippen LogP contribution is 2.54. The van der Waals surface area contributed by atoms with E-state index in [4.69, 9.17) is 9.47 Å². The van der Waals surface area contributed by atoms with Crippen LogP contribution in [0.2, 0.25) is 0 Å². The summed E-state index contributed by atoms with van der Waals surface area (Å²) in [5.41, 5.74) is 7.98. The van der Waals surface area contributed by atoms with Crippen molar-refractivity contribution in [3.05, 3.63) is 76.4 Å². The summed E-state index contributed by atoms with van der Waals surface area (Å²) in [7, 11) is 1.69. The molecule has 6 heteroatoms. The highest BCUT2D eigenvalue weighted by Gasteiger charge is 2.45. The summed E-state index contributed by atoms with van der Waals surface area (Å²) in [6.07, 6.45) is 1.65. The number of nitrogens with zero attached hydrogens (tertiary/aromatic N) is 3. The van der Waals surface area contributed by atoms with Gasteiger partial charge in [-0.25, -0.2) is 4.98 Å². The van der Waals surface area contributed by atoms with Crippen molar-refractivity contribution in [2.45, 2.75) is 46.1 Å². The third kappa shape index (κ3) is 3.99. The summed E-state index contributed by atoms with van der Waals surface area (Å²) in [6, 6.07) is 11.6. The van der Waals surface area contributed by atoms with Crippen molar-refractivity contribution in [1.29, 1.82) is 0 Å². The lowest BCUT2D eigenvalue weighted by Gasteiger charge is -2.39. The Bertz CT molecular complexity index is 1230. The van der Waals surface area contributed by atoms with Gasteiger partial charge in [-0.3, -0.25) is 0 Å². The molecule has 1 atom stereocenters. The zero-order valence-electron chi connectivity index (χ0n) is 21.5. The Hall–Kier alpha value is -3.28. The number of piperazine rings is 1. The van der Waals surface area contributed by atoms with Crippen molar-refractivity contribution < 1.29 is 13.9 Å². The normalized spacial score (nSPS) is 18.9. The molecular weight excluding hydrogens is 441 g/mol. The Balaban J connectivity index is 1.48. The molecule has 3 heterocycles. The third-order valence-electron chi connectivity index (χ3n) is 7.73. The number of anilines is 2. The molecule has 0 aliphatic carbocycles. The van der Waals surface area contributed by atoms with Gasteiger partial charge in [0.15, 0.2) is 0 Å². The van der Waals surface area contributed by atoms with Crippen molar-refractivity contribution in [2.24, 2.45) is 0 Å². The number of hydrogen-bond acceptors (Lipinski definition) is 5. The van der Waals surface area contributed by atoms with E-state index in [0.29, 0.717) is 0 Å². The van der Waals surface area contributed by atoms with Crippen molar-refractivity contribution in [2.75, 3.05) is 43.1 Å². The molecule has 0 spiro atoms. The largest absolute Gasteiger partial charge is 0.497 e. The number of hydrogen-bond donors (Lipinski definition) is 0. The van der Waals surface area contributed by atoms with Gasteiger partial charge in [0.2, 0.25) is 5.95 Å². The molecule has 1 fully saturated rings. The number of rotatable bonds is 4. The summed E-state index contributed by atoms with van der Waals surface area (Å²) in [6.45, 7) is 14.6. The summed E-state index contributed by atoms with van der Waals surface area (Å²) in [4.78, 5) is 8.89. The van der Waals surface area contributed by atoms with Crippen LogP contribution in [0.25, 0.3) is 0 Å². The fourth-order valence-corrected chi connectivity index (χ4v) is 5.86. The second kappa shape index (κ2) is 8.74. The average Bonchev–Trinajstić information content (AvgIpc) is 3.15. The first kappa shape index (κ1) is 23.5. The first-order valence-electron chi connectivity index (χ1n) is 12.3. The number of benzene rings is 2. The minimum absolute atomic E-state index is 0.00996. The SMILES string of the molecule is COc1ccc(N2CCN(c3c(C)c(C)c4c(c3C)C(c3ccc(F)nc3)C(C)(C)O4)CC2)cc1. The first-order chi connectivity index (χ1) is 16.7. The lowest BCUT2D eigenvalue weighted by Crippen LogP contribution is -2.47. The summed E-state index contributed by atoms with van der Waals surface area (Å²) in [5.74, 6) is 1.38. The Kier molecular flexibility index (Phi) is 5.86. The van der Waals surface area contributed by atoms with Gasteiger partial charge >= 0.3 is 0 Å². The maximum atomic E-state index is 13.6. The number of ether oxygens (including phenoxy) is 2. The van der Waals surface area contributed by atoms with Gasteiger partial charge in [-0.1, -0.05) is 6.07 Å². The smallest absolute Gasteiger partial charge is 0.212 e. The Morgan fingerprint density at radius 3 is 2.17 bits per heavy atom. The molecule has 35 heavy (non-hydrogen) atoms. The van der Waals surface area contributed by atoms with Crippen LogP contribution in [0.15, 0.2) is 42.6 Å². The predicted molar refractivity (Wildman–Crippen MR) is 139 cm³/mol. The van der Waals surface area contributed by atoms with Gasteiger partial charge in [0, 0.05) is 49.3 Å². The minimum atomic E-state index is -0.460. The highest BCUT2D eigenvalue weighted by molar-refractivity contribution is 5.72. The molecule has 0 amide bonds. The predicted octanol–water partition coefficient (Wildman–Crippen LogP) is 5.78. The topological polar surface area (TPSA) is 37.8 Å². The van der Waals surface area contributed by atoms with Gasteiger partial charge in [0.05, 0.1) is 13.0 Å². The van der Waals surface area contributed by atoms with E-state index in [1.807, 2.05) is 18.2 Å². The van der Waals surface area contributed by atoms with Gasteiger partial charge in [0.1, 0.15) is 17.1 Å². The summed E-state index contributed by atoms with van der Waals surface area (Å²) in [5, 5.41) is 0. The number of halogens is 1. The van der Waals surface area contributed by atoms with Gasteiger partial charge < -0.3 is 19.3 Å². The maximum absolute atomic E-state index is 13.6. The van der Waals surface area contributed by atoms with Crippen molar-refractivity contribution in [3.63, 3.8) is 0 Å². The molecule has 2 aromatic carbocycles. The van der Waals surface area contributed by atoms with Crippen LogP contribution >= 0.6 is 0 Å². The van der Waals surface area contributed by atoms with Gasteiger partial charge in [-0.15, -0.1) is 0 Å². The van der Waals surface area contributed by atoms with Crippen molar-refractivity contribution >= 4 is 11.4 Å². The lowest BCUT2D eigenvalue weighted by atomic mass is 9.79. The van der Waals surface area contributed by atoms with Gasteiger partial charge in [-0.05, 0) is 87.2 Å². The van der Waals surface area contributed by atoms with E-state index in [2.05, 4.69) is 61.5 Å². The molecule has 0 bridgehead atoms. The van der Waals surface area contributed by atoms with Crippen LogP contribution in [0.3, 0.4) is 0 Å². The number of pyridine rings is 1. The molecule has 0 N–H and O–H groups in total. The molecule has 5 nitrogen and oxygen atoms in total. The molecule has 0 saturated carbocycles. The Labute approximate surface area is 207 Å². The van der Waals surface area contributed by atoms with Crippen LogP contribution in [0.5, 0.6) is 11.5 Å². The lowest BCUT2D eigenvalue weighted by molar-refractivity contribution is 0.121. The molecule has 1 saturated heterocycles. The first-order valence-corrected chi connectivity index (χ1v) is 12.3. The highest BCUT2D eigenvalue weighted by atomic mass is 19.1. The Morgan fingerprint density at radius 2 is 1.57 bits per heavy atom. The quantitative estimate of drug-likeness (QED) is 0.447. The fraction of sp³-hybridized carbons (Fsp3) is 0.414. The average molecular weight is 476 g/mol. The Morgan fingerprint density at radius 1 is 0.914 bits per heavy atom. The molecule has 2 aliphatic rings. The van der Waals surface area contributed by atoms with Gasteiger partial charge in [0.25, 0.3) is 0 Å². The standard InChI is InChI=1S/C29H34FN3O2/c1-18-19(2)28-25(26(29(4,5)35-28)21-7-12-24(30)31-17-21)20(3)27(18)33-15-13-32(14-16-33)22-8-10-23(34-6)11-9-22/h7-12,17,26H,13-16H2,1-6H3. The molecular formula is C29H34FN3O2. The van der Waals surface area contributed by atoms with Crippen LogP contribution in [0.1, 0.15) is 47.6 Å². The summed E-state index contributed by atoms with van der Waals surface area (Å²) < 4.78 is 25.5. The zero-order chi connectivity index (χ0) is 24.9. The van der Waals surface area contributed by atoms with Crippen molar-refractivity contribution in [3.8, 4) is 11.5 Å². The number of methoxy groups -OCH3 is 1. The maximum Gasteiger partial charge on any atom is 0.212 e. The third-order valence-corrected chi connectivity index (χ3v) is 7.73. The molecule has 3 aromatic rings. The van der Waals surface area contributed by atoms with Crippen LogP contribution in [0.4, 0.5) is 15.8 Å². The van der Waals surface area contributed by atoms with E-state index in [-0.39, 0.29) is 5.92 Å². The monoisotopic (exact) mass is 475 g/mol. The van der Waals surface area contributed by atoms with Crippen LogP contribution in [-0.2, 0) is 0 Å². The summed E-state index contributed by atoms with van der Waals surface area (Å²) >= 11 is 0. The minimum Gasteiger partial charge on any atom is -0.497 e. The van der Waals surface area contributed by atoms with Crippen molar-refractivity contribution in [1.82, 2.24) is 4.98 Å². The second-order valence-electron chi connectivity index (χ2n) is 10.2. The zero-order valence-corrected chi connectivity index (χ0v) is 21.5. The molecule has 2 aliphatic heterocycles. The molecule has 184 valence electrons. The number of aromatic nitrogens is 1. The van der Waals surface area contributed by atoms with Crippen LogP contribution < -0.4 is 19.3 Å². The number of fused-ring (bicyclic) bond motifs is 1. The van der Waals surface area contributed by atoms with Crippen LogP contribution in [-0.4, -0.2) is 43.9 Å².